The van der Waals surface area contributed by atoms with Gasteiger partial charge in [-0.05, 0) is 27.7 Å². The Balaban J connectivity index is 2.30. The van der Waals surface area contributed by atoms with Gasteiger partial charge in [-0.2, -0.15) is 0 Å². The normalized spacial score (nSPS) is 21.2. The molecule has 1 heterocycles. The molecule has 1 amide bonds. The van der Waals surface area contributed by atoms with Crippen LogP contribution < -0.4 is 0 Å². The minimum atomic E-state index is -0.549. The maximum Gasteiger partial charge on any atom is 0.245 e. The van der Waals surface area contributed by atoms with Gasteiger partial charge in [0.1, 0.15) is 11.2 Å². The Hall–Kier alpha value is -0.210. The number of nitrogens with zero attached hydrogens (tertiary/aromatic N) is 2. The van der Waals surface area contributed by atoms with Crippen LogP contribution >= 0.6 is 16.1 Å². The number of ether oxygens (including phenoxy) is 3. The highest BCUT2D eigenvalue weighted by Gasteiger charge is 2.55. The van der Waals surface area contributed by atoms with Crippen LogP contribution in [-0.4, -0.2) is 72.6 Å². The number of carbonyl (C=O) groups excluding carboxylic acids is 1. The molecule has 0 aromatic heterocycles. The standard InChI is InChI=1S/C14H27BrN2O4/c1-13(2)12(18)16(14(3,4)17(13)15)6-7-20-10-11-21-9-8-19-5/h6-11H2,1-5H3. The van der Waals surface area contributed by atoms with Crippen molar-refractivity contribution in [1.29, 1.82) is 0 Å². The summed E-state index contributed by atoms with van der Waals surface area (Å²) in [6, 6.07) is 0. The van der Waals surface area contributed by atoms with Crippen LogP contribution in [-0.2, 0) is 19.0 Å². The summed E-state index contributed by atoms with van der Waals surface area (Å²) >= 11 is 3.52. The Morgan fingerprint density at radius 1 is 1.00 bits per heavy atom. The van der Waals surface area contributed by atoms with Gasteiger partial charge in [-0.1, -0.05) is 0 Å². The predicted octanol–water partition coefficient (Wildman–Crippen LogP) is 1.63. The Bertz CT molecular complexity index is 350. The number of hydrogen-bond acceptors (Lipinski definition) is 5. The van der Waals surface area contributed by atoms with Crippen molar-refractivity contribution < 1.29 is 19.0 Å². The van der Waals surface area contributed by atoms with Crippen LogP contribution in [0, 0.1) is 0 Å². The Morgan fingerprint density at radius 2 is 1.52 bits per heavy atom. The second-order valence-electron chi connectivity index (χ2n) is 6.01. The molecule has 0 spiro atoms. The zero-order chi connectivity index (χ0) is 16.1. The number of methoxy groups -OCH3 is 1. The van der Waals surface area contributed by atoms with Crippen molar-refractivity contribution in [2.24, 2.45) is 0 Å². The van der Waals surface area contributed by atoms with Crippen LogP contribution in [0.2, 0.25) is 0 Å². The smallest absolute Gasteiger partial charge is 0.245 e. The molecule has 0 aromatic carbocycles. The summed E-state index contributed by atoms with van der Waals surface area (Å²) in [7, 11) is 1.64. The van der Waals surface area contributed by atoms with Crippen molar-refractivity contribution >= 4 is 22.1 Å². The zero-order valence-corrected chi connectivity index (χ0v) is 15.2. The summed E-state index contributed by atoms with van der Waals surface area (Å²) in [6.45, 7) is 11.1. The van der Waals surface area contributed by atoms with E-state index in [0.717, 1.165) is 0 Å². The summed E-state index contributed by atoms with van der Waals surface area (Å²) in [5.74, 6) is 0.101. The SMILES string of the molecule is COCCOCCOCCN1C(=O)C(C)(C)N(Br)C1(C)C. The molecular weight excluding hydrogens is 340 g/mol. The monoisotopic (exact) mass is 366 g/mol. The fraction of sp³-hybridized carbons (Fsp3) is 0.929. The van der Waals surface area contributed by atoms with Crippen LogP contribution in [0.4, 0.5) is 0 Å². The molecule has 1 aliphatic rings. The van der Waals surface area contributed by atoms with Gasteiger partial charge in [0.2, 0.25) is 5.91 Å². The average Bonchev–Trinajstić information content (AvgIpc) is 2.53. The first-order chi connectivity index (χ1) is 9.76. The Labute approximate surface area is 136 Å². The molecule has 0 bridgehead atoms. The van der Waals surface area contributed by atoms with Crippen molar-refractivity contribution in [2.45, 2.75) is 38.9 Å². The van der Waals surface area contributed by atoms with Gasteiger partial charge >= 0.3 is 0 Å². The number of halogens is 1. The van der Waals surface area contributed by atoms with E-state index in [2.05, 4.69) is 16.1 Å². The number of carbonyl (C=O) groups is 1. The summed E-state index contributed by atoms with van der Waals surface area (Å²) in [5, 5.41) is 0. The van der Waals surface area contributed by atoms with E-state index >= 15 is 0 Å². The van der Waals surface area contributed by atoms with E-state index in [4.69, 9.17) is 14.2 Å². The molecule has 0 radical (unpaired) electrons. The maximum atomic E-state index is 12.5. The Kier molecular flexibility index (Phi) is 7.06. The van der Waals surface area contributed by atoms with Gasteiger partial charge in [-0.15, -0.1) is 0 Å². The van der Waals surface area contributed by atoms with Gasteiger partial charge in [0.05, 0.1) is 33.0 Å². The minimum Gasteiger partial charge on any atom is -0.382 e. The molecule has 0 saturated carbocycles. The Morgan fingerprint density at radius 3 is 2.00 bits per heavy atom. The first-order valence-electron chi connectivity index (χ1n) is 7.19. The van der Waals surface area contributed by atoms with E-state index in [1.165, 1.54) is 0 Å². The zero-order valence-electron chi connectivity index (χ0n) is 13.6. The van der Waals surface area contributed by atoms with E-state index in [1.54, 1.807) is 7.11 Å². The van der Waals surface area contributed by atoms with Gasteiger partial charge in [-0.25, -0.2) is 3.93 Å². The van der Waals surface area contributed by atoms with Crippen molar-refractivity contribution in [1.82, 2.24) is 8.83 Å². The summed E-state index contributed by atoms with van der Waals surface area (Å²) in [5.41, 5.74) is -0.925. The summed E-state index contributed by atoms with van der Waals surface area (Å²) in [6.07, 6.45) is 0. The highest BCUT2D eigenvalue weighted by atomic mass is 79.9. The third kappa shape index (κ3) is 4.39. The van der Waals surface area contributed by atoms with Gasteiger partial charge in [0.15, 0.2) is 0 Å². The quantitative estimate of drug-likeness (QED) is 0.458. The van der Waals surface area contributed by atoms with Gasteiger partial charge in [-0.3, -0.25) is 4.79 Å². The molecule has 0 unspecified atom stereocenters. The first kappa shape index (κ1) is 18.8. The van der Waals surface area contributed by atoms with E-state index in [1.807, 2.05) is 36.5 Å². The molecular formula is C14H27BrN2O4. The molecule has 1 rings (SSSR count). The number of hydrogen-bond donors (Lipinski definition) is 0. The van der Waals surface area contributed by atoms with E-state index in [-0.39, 0.29) is 11.6 Å². The maximum absolute atomic E-state index is 12.5. The summed E-state index contributed by atoms with van der Waals surface area (Å²) in [4.78, 5) is 14.3. The molecule has 1 aliphatic heterocycles. The van der Waals surface area contributed by atoms with Crippen molar-refractivity contribution in [3.8, 4) is 0 Å². The van der Waals surface area contributed by atoms with E-state index in [0.29, 0.717) is 39.6 Å². The van der Waals surface area contributed by atoms with E-state index < -0.39 is 5.54 Å². The fourth-order valence-corrected chi connectivity index (χ4v) is 2.79. The first-order valence-corrected chi connectivity index (χ1v) is 7.89. The average molecular weight is 367 g/mol. The predicted molar refractivity (Wildman–Crippen MR) is 84.2 cm³/mol. The van der Waals surface area contributed by atoms with Gasteiger partial charge < -0.3 is 19.1 Å². The third-order valence-electron chi connectivity index (χ3n) is 3.66. The molecule has 0 atom stereocenters. The molecule has 7 heteroatoms. The lowest BCUT2D eigenvalue weighted by atomic mass is 10.1. The lowest BCUT2D eigenvalue weighted by Gasteiger charge is -2.35. The fourth-order valence-electron chi connectivity index (χ4n) is 2.45. The lowest BCUT2D eigenvalue weighted by molar-refractivity contribution is -0.134. The van der Waals surface area contributed by atoms with Crippen molar-refractivity contribution in [3.63, 3.8) is 0 Å². The van der Waals surface area contributed by atoms with Crippen LogP contribution in [0.1, 0.15) is 27.7 Å². The second kappa shape index (κ2) is 7.87. The molecule has 0 aromatic rings. The van der Waals surface area contributed by atoms with Crippen LogP contribution in [0.5, 0.6) is 0 Å². The van der Waals surface area contributed by atoms with Gasteiger partial charge in [0.25, 0.3) is 0 Å². The van der Waals surface area contributed by atoms with Crippen LogP contribution in [0.15, 0.2) is 0 Å². The van der Waals surface area contributed by atoms with Crippen LogP contribution in [0.25, 0.3) is 0 Å². The van der Waals surface area contributed by atoms with E-state index in [9.17, 15) is 4.79 Å². The highest BCUT2D eigenvalue weighted by molar-refractivity contribution is 9.07. The largest absolute Gasteiger partial charge is 0.382 e. The van der Waals surface area contributed by atoms with Crippen molar-refractivity contribution in [3.05, 3.63) is 0 Å². The third-order valence-corrected chi connectivity index (χ3v) is 5.42. The molecule has 1 fully saturated rings. The summed E-state index contributed by atoms with van der Waals surface area (Å²) < 4.78 is 17.6. The lowest BCUT2D eigenvalue weighted by Crippen LogP contribution is -2.47. The molecule has 6 nitrogen and oxygen atoms in total. The minimum absolute atomic E-state index is 0.101. The van der Waals surface area contributed by atoms with Crippen LogP contribution in [0.3, 0.4) is 0 Å². The number of amides is 1. The van der Waals surface area contributed by atoms with Crippen molar-refractivity contribution in [2.75, 3.05) is 46.7 Å². The topological polar surface area (TPSA) is 51.2 Å². The number of rotatable bonds is 9. The molecule has 124 valence electrons. The highest BCUT2D eigenvalue weighted by Crippen LogP contribution is 2.40. The molecule has 0 N–H and O–H groups in total. The molecule has 1 saturated heterocycles. The van der Waals surface area contributed by atoms with Gasteiger partial charge in [0, 0.05) is 29.8 Å². The molecule has 0 aliphatic carbocycles. The molecule has 21 heavy (non-hydrogen) atoms. The second-order valence-corrected chi connectivity index (χ2v) is 6.72.